The standard InChI is InChI=1S/C31H40N2O3/c1-30(22-28(34)36-23-25-10-6-3-7-11-25)19-26-18-27(30)21-31(20-26,13-12-24-8-4-2-5-9-24)29(35)33-16-14-32-15-17-33/h2-11,26-27,32H,12-23H2,1H3/t26?,27?,30-,31?/m1/s1. The molecule has 1 N–H and O–H groups in total. The zero-order chi connectivity index (χ0) is 25.0. The molecule has 5 nitrogen and oxygen atoms in total. The predicted octanol–water partition coefficient (Wildman–Crippen LogP) is 5.00. The molecule has 0 aromatic heterocycles. The second kappa shape index (κ2) is 10.8. The lowest BCUT2D eigenvalue weighted by Crippen LogP contribution is -2.53. The van der Waals surface area contributed by atoms with Gasteiger partial charge in [0.15, 0.2) is 0 Å². The molecule has 0 radical (unpaired) electrons. The highest BCUT2D eigenvalue weighted by Gasteiger charge is 2.56. The van der Waals surface area contributed by atoms with Crippen molar-refractivity contribution in [2.75, 3.05) is 26.2 Å². The number of rotatable bonds is 8. The third-order valence-electron chi connectivity index (χ3n) is 9.06. The predicted molar refractivity (Wildman–Crippen MR) is 141 cm³/mol. The first-order valence-corrected chi connectivity index (χ1v) is 13.7. The van der Waals surface area contributed by atoms with Crippen LogP contribution in [0, 0.1) is 22.7 Å². The number of esters is 1. The summed E-state index contributed by atoms with van der Waals surface area (Å²) >= 11 is 0. The fourth-order valence-corrected chi connectivity index (χ4v) is 7.24. The van der Waals surface area contributed by atoms with Crippen molar-refractivity contribution in [1.29, 1.82) is 0 Å². The van der Waals surface area contributed by atoms with E-state index in [1.165, 1.54) is 5.56 Å². The average molecular weight is 489 g/mol. The quantitative estimate of drug-likeness (QED) is 0.532. The molecule has 2 aromatic carbocycles. The topological polar surface area (TPSA) is 58.6 Å². The second-order valence-corrected chi connectivity index (χ2v) is 11.7. The Kier molecular flexibility index (Phi) is 7.47. The number of hydrogen-bond acceptors (Lipinski definition) is 4. The Bertz CT molecular complexity index is 1040. The molecule has 0 spiro atoms. The summed E-state index contributed by atoms with van der Waals surface area (Å²) in [7, 11) is 0. The maximum absolute atomic E-state index is 14.1. The highest BCUT2D eigenvalue weighted by molar-refractivity contribution is 5.83. The molecule has 3 fully saturated rings. The van der Waals surface area contributed by atoms with E-state index in [2.05, 4.69) is 41.4 Å². The van der Waals surface area contributed by atoms with Gasteiger partial charge < -0.3 is 15.0 Å². The van der Waals surface area contributed by atoms with E-state index in [-0.39, 0.29) is 16.8 Å². The van der Waals surface area contributed by atoms with Crippen LogP contribution < -0.4 is 5.32 Å². The van der Waals surface area contributed by atoms with Crippen LogP contribution in [0.4, 0.5) is 0 Å². The van der Waals surface area contributed by atoms with Crippen molar-refractivity contribution in [2.45, 2.75) is 58.5 Å². The monoisotopic (exact) mass is 488 g/mol. The van der Waals surface area contributed by atoms with E-state index in [1.807, 2.05) is 36.4 Å². The maximum Gasteiger partial charge on any atom is 0.306 e. The molecular formula is C31H40N2O3. The van der Waals surface area contributed by atoms with E-state index in [0.29, 0.717) is 30.8 Å². The zero-order valence-electron chi connectivity index (χ0n) is 21.6. The Labute approximate surface area is 215 Å². The van der Waals surface area contributed by atoms with Crippen molar-refractivity contribution in [3.8, 4) is 0 Å². The number of nitrogens with zero attached hydrogens (tertiary/aromatic N) is 1. The molecule has 3 unspecified atom stereocenters. The molecule has 3 aliphatic rings. The number of ether oxygens (including phenoxy) is 1. The van der Waals surface area contributed by atoms with E-state index in [4.69, 9.17) is 4.74 Å². The number of amides is 1. The Hall–Kier alpha value is -2.66. The van der Waals surface area contributed by atoms with Crippen LogP contribution in [0.1, 0.15) is 56.6 Å². The normalized spacial score (nSPS) is 29.6. The van der Waals surface area contributed by atoms with Crippen molar-refractivity contribution in [3.63, 3.8) is 0 Å². The van der Waals surface area contributed by atoms with E-state index >= 15 is 0 Å². The molecule has 5 rings (SSSR count). The first kappa shape index (κ1) is 25.0. The van der Waals surface area contributed by atoms with Crippen molar-refractivity contribution < 1.29 is 14.3 Å². The van der Waals surface area contributed by atoms with Crippen molar-refractivity contribution in [3.05, 3.63) is 71.8 Å². The van der Waals surface area contributed by atoms with Crippen molar-refractivity contribution in [2.24, 2.45) is 22.7 Å². The number of hydrogen-bond donors (Lipinski definition) is 1. The van der Waals surface area contributed by atoms with Gasteiger partial charge in [-0.2, -0.15) is 0 Å². The highest BCUT2D eigenvalue weighted by Crippen LogP contribution is 2.61. The zero-order valence-corrected chi connectivity index (χ0v) is 21.6. The molecule has 5 heteroatoms. The number of nitrogens with one attached hydrogen (secondary N) is 1. The number of fused-ring (bicyclic) bond motifs is 2. The first-order chi connectivity index (χ1) is 17.5. The largest absolute Gasteiger partial charge is 0.461 e. The summed E-state index contributed by atoms with van der Waals surface area (Å²) in [6.07, 6.45) is 6.24. The summed E-state index contributed by atoms with van der Waals surface area (Å²) in [6, 6.07) is 20.4. The van der Waals surface area contributed by atoms with Crippen LogP contribution in [0.3, 0.4) is 0 Å². The maximum atomic E-state index is 14.1. The molecule has 2 saturated carbocycles. The minimum Gasteiger partial charge on any atom is -0.461 e. The summed E-state index contributed by atoms with van der Waals surface area (Å²) in [5.41, 5.74) is 1.89. The summed E-state index contributed by atoms with van der Waals surface area (Å²) in [5, 5.41) is 3.39. The summed E-state index contributed by atoms with van der Waals surface area (Å²) in [4.78, 5) is 29.1. The number of carbonyl (C=O) groups excluding carboxylic acids is 2. The van der Waals surface area contributed by atoms with Crippen molar-refractivity contribution >= 4 is 11.9 Å². The minimum atomic E-state index is -0.327. The molecule has 2 aliphatic carbocycles. The van der Waals surface area contributed by atoms with Gasteiger partial charge in [-0.05, 0) is 66.9 Å². The van der Waals surface area contributed by atoms with Gasteiger partial charge in [0.25, 0.3) is 0 Å². The molecule has 4 atom stereocenters. The second-order valence-electron chi connectivity index (χ2n) is 11.7. The molecule has 1 aliphatic heterocycles. The number of piperazine rings is 1. The van der Waals surface area contributed by atoms with Crippen LogP contribution in [-0.2, 0) is 27.4 Å². The van der Waals surface area contributed by atoms with E-state index < -0.39 is 0 Å². The van der Waals surface area contributed by atoms with Gasteiger partial charge in [0.1, 0.15) is 6.61 Å². The van der Waals surface area contributed by atoms with Crippen LogP contribution in [-0.4, -0.2) is 43.0 Å². The van der Waals surface area contributed by atoms with Gasteiger partial charge >= 0.3 is 5.97 Å². The number of aryl methyl sites for hydroxylation is 1. The smallest absolute Gasteiger partial charge is 0.306 e. The number of carbonyl (C=O) groups is 2. The Balaban J connectivity index is 1.30. The lowest BCUT2D eigenvalue weighted by molar-refractivity contribution is -0.149. The van der Waals surface area contributed by atoms with E-state index in [1.54, 1.807) is 0 Å². The van der Waals surface area contributed by atoms with Crippen LogP contribution in [0.15, 0.2) is 60.7 Å². The lowest BCUT2D eigenvalue weighted by Gasteiger charge is -2.45. The molecule has 192 valence electrons. The third-order valence-corrected chi connectivity index (χ3v) is 9.06. The SMILES string of the molecule is C[C@]1(CC(=O)OCc2ccccc2)CC2CC1CC(CCc1ccccc1)(C(=O)N1CCNCC1)C2. The molecule has 2 bridgehead atoms. The minimum absolute atomic E-state index is 0.101. The van der Waals surface area contributed by atoms with Gasteiger partial charge in [0.05, 0.1) is 11.8 Å². The highest BCUT2D eigenvalue weighted by atomic mass is 16.5. The van der Waals surface area contributed by atoms with Gasteiger partial charge in [-0.3, -0.25) is 9.59 Å². The van der Waals surface area contributed by atoms with Crippen LogP contribution >= 0.6 is 0 Å². The van der Waals surface area contributed by atoms with E-state index in [0.717, 1.165) is 70.3 Å². The Morgan fingerprint density at radius 2 is 1.61 bits per heavy atom. The van der Waals surface area contributed by atoms with Gasteiger partial charge in [-0.1, -0.05) is 67.6 Å². The van der Waals surface area contributed by atoms with Gasteiger partial charge in [-0.15, -0.1) is 0 Å². The number of benzene rings is 2. The van der Waals surface area contributed by atoms with Crippen molar-refractivity contribution in [1.82, 2.24) is 10.2 Å². The van der Waals surface area contributed by atoms with Gasteiger partial charge in [0, 0.05) is 26.2 Å². The lowest BCUT2D eigenvalue weighted by atomic mass is 9.63. The molecular weight excluding hydrogens is 448 g/mol. The first-order valence-electron chi connectivity index (χ1n) is 13.7. The van der Waals surface area contributed by atoms with Gasteiger partial charge in [-0.25, -0.2) is 0 Å². The Morgan fingerprint density at radius 3 is 2.31 bits per heavy atom. The summed E-state index contributed by atoms with van der Waals surface area (Å²) in [6.45, 7) is 5.93. The van der Waals surface area contributed by atoms with Crippen LogP contribution in [0.5, 0.6) is 0 Å². The van der Waals surface area contributed by atoms with Crippen LogP contribution in [0.2, 0.25) is 0 Å². The fourth-order valence-electron chi connectivity index (χ4n) is 7.24. The molecule has 1 amide bonds. The third kappa shape index (κ3) is 5.51. The van der Waals surface area contributed by atoms with E-state index in [9.17, 15) is 9.59 Å². The van der Waals surface area contributed by atoms with Gasteiger partial charge in [0.2, 0.25) is 5.91 Å². The fraction of sp³-hybridized carbons (Fsp3) is 0.548. The molecule has 1 saturated heterocycles. The molecule has 2 aromatic rings. The molecule has 36 heavy (non-hydrogen) atoms. The summed E-state index contributed by atoms with van der Waals surface area (Å²) < 4.78 is 5.68. The summed E-state index contributed by atoms with van der Waals surface area (Å²) in [5.74, 6) is 1.12. The van der Waals surface area contributed by atoms with Crippen LogP contribution in [0.25, 0.3) is 0 Å². The average Bonchev–Trinajstić information content (AvgIpc) is 3.14. The molecule has 1 heterocycles. The Morgan fingerprint density at radius 1 is 0.944 bits per heavy atom.